The van der Waals surface area contributed by atoms with Crippen molar-refractivity contribution in [1.29, 1.82) is 0 Å². The molecule has 0 fully saturated rings. The van der Waals surface area contributed by atoms with Crippen molar-refractivity contribution in [3.63, 3.8) is 0 Å². The van der Waals surface area contributed by atoms with E-state index in [9.17, 15) is 10.1 Å². The Morgan fingerprint density at radius 3 is 2.62 bits per heavy atom. The summed E-state index contributed by atoms with van der Waals surface area (Å²) in [5, 5.41) is 15.2. The van der Waals surface area contributed by atoms with Crippen molar-refractivity contribution in [2.24, 2.45) is 0 Å². The predicted octanol–water partition coefficient (Wildman–Crippen LogP) is 3.60. The number of hydrogen-bond acceptors (Lipinski definition) is 4. The maximum atomic E-state index is 10.7. The van der Waals surface area contributed by atoms with Gasteiger partial charge in [0.1, 0.15) is 5.69 Å². The van der Waals surface area contributed by atoms with Crippen molar-refractivity contribution in [3.8, 4) is 17.1 Å². The number of non-ortho nitro benzene ring substituents is 1. The first-order valence-corrected chi connectivity index (χ1v) is 6.56. The lowest BCUT2D eigenvalue weighted by molar-refractivity contribution is -0.384. The minimum Gasteiger partial charge on any atom is -0.463 e. The standard InChI is InChI=1S/C15H13N3O3/c1-2-11-10-14(15-4-3-9-21-15)16-17(11)12-5-7-13(8-6-12)18(19)20/h3-10H,2H2,1H3. The number of furan rings is 1. The van der Waals surface area contributed by atoms with Crippen molar-refractivity contribution in [2.75, 3.05) is 0 Å². The second-order valence-corrected chi connectivity index (χ2v) is 4.54. The summed E-state index contributed by atoms with van der Waals surface area (Å²) >= 11 is 0. The molecule has 3 aromatic rings. The Balaban J connectivity index is 2.03. The van der Waals surface area contributed by atoms with Crippen LogP contribution in [0.15, 0.2) is 53.1 Å². The second-order valence-electron chi connectivity index (χ2n) is 4.54. The summed E-state index contributed by atoms with van der Waals surface area (Å²) in [6.07, 6.45) is 2.40. The van der Waals surface area contributed by atoms with Crippen molar-refractivity contribution < 1.29 is 9.34 Å². The normalized spacial score (nSPS) is 10.7. The third kappa shape index (κ3) is 2.43. The molecule has 2 heterocycles. The van der Waals surface area contributed by atoms with Crippen LogP contribution in [-0.4, -0.2) is 14.7 Å². The molecule has 0 aliphatic heterocycles. The maximum Gasteiger partial charge on any atom is 0.269 e. The molecule has 0 saturated heterocycles. The van der Waals surface area contributed by atoms with Crippen LogP contribution >= 0.6 is 0 Å². The number of nitrogens with zero attached hydrogens (tertiary/aromatic N) is 3. The summed E-state index contributed by atoms with van der Waals surface area (Å²) in [4.78, 5) is 10.3. The van der Waals surface area contributed by atoms with Gasteiger partial charge in [0.25, 0.3) is 5.69 Å². The van der Waals surface area contributed by atoms with Crippen LogP contribution in [0.2, 0.25) is 0 Å². The summed E-state index contributed by atoms with van der Waals surface area (Å²) in [5.74, 6) is 0.699. The molecular weight excluding hydrogens is 270 g/mol. The zero-order valence-electron chi connectivity index (χ0n) is 11.4. The van der Waals surface area contributed by atoms with Gasteiger partial charge in [-0.1, -0.05) is 6.92 Å². The summed E-state index contributed by atoms with van der Waals surface area (Å²) in [7, 11) is 0. The average Bonchev–Trinajstić information content (AvgIpc) is 3.16. The smallest absolute Gasteiger partial charge is 0.269 e. The lowest BCUT2D eigenvalue weighted by Gasteiger charge is -2.05. The molecule has 0 atom stereocenters. The quantitative estimate of drug-likeness (QED) is 0.541. The number of nitro groups is 1. The highest BCUT2D eigenvalue weighted by Crippen LogP contribution is 2.23. The average molecular weight is 283 g/mol. The van der Waals surface area contributed by atoms with E-state index in [-0.39, 0.29) is 5.69 Å². The van der Waals surface area contributed by atoms with Crippen LogP contribution in [-0.2, 0) is 6.42 Å². The molecule has 1 aromatic carbocycles. The molecule has 6 heteroatoms. The Hall–Kier alpha value is -2.89. The van der Waals surface area contributed by atoms with E-state index in [1.165, 1.54) is 12.1 Å². The van der Waals surface area contributed by atoms with E-state index in [4.69, 9.17) is 4.42 Å². The number of hydrogen-bond donors (Lipinski definition) is 0. The number of nitro benzene ring substituents is 1. The fraction of sp³-hybridized carbons (Fsp3) is 0.133. The summed E-state index contributed by atoms with van der Waals surface area (Å²) in [5.41, 5.74) is 2.61. The van der Waals surface area contributed by atoms with Crippen molar-refractivity contribution >= 4 is 5.69 Å². The van der Waals surface area contributed by atoms with Crippen LogP contribution in [0.5, 0.6) is 0 Å². The Labute approximate surface area is 120 Å². The maximum absolute atomic E-state index is 10.7. The number of rotatable bonds is 4. The Morgan fingerprint density at radius 1 is 1.29 bits per heavy atom. The first-order chi connectivity index (χ1) is 10.2. The summed E-state index contributed by atoms with van der Waals surface area (Å²) in [6, 6.07) is 12.0. The van der Waals surface area contributed by atoms with Crippen molar-refractivity contribution in [2.45, 2.75) is 13.3 Å². The summed E-state index contributed by atoms with van der Waals surface area (Å²) < 4.78 is 7.13. The van der Waals surface area contributed by atoms with Crippen LogP contribution in [0.4, 0.5) is 5.69 Å². The van der Waals surface area contributed by atoms with Gasteiger partial charge in [-0.2, -0.15) is 5.10 Å². The van der Waals surface area contributed by atoms with Gasteiger partial charge >= 0.3 is 0 Å². The Morgan fingerprint density at radius 2 is 2.05 bits per heavy atom. The lowest BCUT2D eigenvalue weighted by Crippen LogP contribution is -2.01. The molecule has 0 amide bonds. The van der Waals surface area contributed by atoms with E-state index >= 15 is 0 Å². The topological polar surface area (TPSA) is 74.1 Å². The number of benzene rings is 1. The molecule has 0 aliphatic rings. The third-order valence-corrected chi connectivity index (χ3v) is 3.22. The van der Waals surface area contributed by atoms with Gasteiger partial charge in [-0.05, 0) is 36.8 Å². The van der Waals surface area contributed by atoms with Crippen molar-refractivity contribution in [3.05, 3.63) is 64.5 Å². The first kappa shape index (κ1) is 13.1. The minimum absolute atomic E-state index is 0.0650. The van der Waals surface area contributed by atoms with Crippen LogP contribution < -0.4 is 0 Å². The molecule has 0 N–H and O–H groups in total. The van der Waals surface area contributed by atoms with E-state index in [1.54, 1.807) is 23.1 Å². The van der Waals surface area contributed by atoms with Crippen LogP contribution in [0.3, 0.4) is 0 Å². The van der Waals surface area contributed by atoms with Gasteiger partial charge in [-0.25, -0.2) is 4.68 Å². The van der Waals surface area contributed by atoms with Gasteiger partial charge in [0.15, 0.2) is 5.76 Å². The van der Waals surface area contributed by atoms with Crippen LogP contribution in [0.25, 0.3) is 17.1 Å². The van der Waals surface area contributed by atoms with Crippen LogP contribution in [0.1, 0.15) is 12.6 Å². The van der Waals surface area contributed by atoms with Gasteiger partial charge in [0.2, 0.25) is 0 Å². The zero-order valence-corrected chi connectivity index (χ0v) is 11.4. The molecule has 0 radical (unpaired) electrons. The summed E-state index contributed by atoms with van der Waals surface area (Å²) in [6.45, 7) is 2.03. The van der Waals surface area contributed by atoms with E-state index < -0.39 is 4.92 Å². The highest BCUT2D eigenvalue weighted by molar-refractivity contribution is 5.54. The number of aromatic nitrogens is 2. The molecule has 0 bridgehead atoms. The fourth-order valence-electron chi connectivity index (χ4n) is 2.16. The molecule has 2 aromatic heterocycles. The van der Waals surface area contributed by atoms with E-state index in [1.807, 2.05) is 25.1 Å². The van der Waals surface area contributed by atoms with Crippen molar-refractivity contribution in [1.82, 2.24) is 9.78 Å². The molecule has 6 nitrogen and oxygen atoms in total. The predicted molar refractivity (Wildman–Crippen MR) is 77.3 cm³/mol. The molecule has 0 saturated carbocycles. The van der Waals surface area contributed by atoms with Gasteiger partial charge < -0.3 is 4.42 Å². The lowest BCUT2D eigenvalue weighted by atomic mass is 10.2. The molecule has 0 spiro atoms. The van der Waals surface area contributed by atoms with Gasteiger partial charge in [-0.15, -0.1) is 0 Å². The van der Waals surface area contributed by atoms with E-state index in [0.29, 0.717) is 5.76 Å². The number of aryl methyl sites for hydroxylation is 1. The second kappa shape index (κ2) is 5.24. The van der Waals surface area contributed by atoms with Crippen LogP contribution in [0, 0.1) is 10.1 Å². The molecule has 21 heavy (non-hydrogen) atoms. The molecule has 0 unspecified atom stereocenters. The monoisotopic (exact) mass is 283 g/mol. The van der Waals surface area contributed by atoms with E-state index in [2.05, 4.69) is 5.10 Å². The van der Waals surface area contributed by atoms with Gasteiger partial charge in [0, 0.05) is 17.8 Å². The third-order valence-electron chi connectivity index (χ3n) is 3.22. The largest absolute Gasteiger partial charge is 0.463 e. The Bertz CT molecular complexity index is 758. The minimum atomic E-state index is -0.415. The van der Waals surface area contributed by atoms with Gasteiger partial charge in [0.05, 0.1) is 16.9 Å². The molecule has 106 valence electrons. The molecule has 3 rings (SSSR count). The van der Waals surface area contributed by atoms with E-state index in [0.717, 1.165) is 23.5 Å². The highest BCUT2D eigenvalue weighted by atomic mass is 16.6. The zero-order chi connectivity index (χ0) is 14.8. The molecular formula is C15H13N3O3. The Kier molecular flexibility index (Phi) is 3.27. The first-order valence-electron chi connectivity index (χ1n) is 6.56. The molecule has 0 aliphatic carbocycles. The SMILES string of the molecule is CCc1cc(-c2ccco2)nn1-c1ccc([N+](=O)[O-])cc1. The fourth-order valence-corrected chi connectivity index (χ4v) is 2.16. The van der Waals surface area contributed by atoms with Gasteiger partial charge in [-0.3, -0.25) is 10.1 Å². The highest BCUT2D eigenvalue weighted by Gasteiger charge is 2.12.